The molecule has 0 radical (unpaired) electrons. The normalized spacial score (nSPS) is 4.80. The Labute approximate surface area is 73.7 Å². The molecule has 0 aliphatic heterocycles. The molecule has 0 rings (SSSR count). The van der Waals surface area contributed by atoms with E-state index in [0.29, 0.717) is 0 Å². The topological polar surface area (TPSA) is 58.0 Å². The molecular formula is H2KNO2S. The van der Waals surface area contributed by atoms with Crippen LogP contribution in [-0.4, -0.2) is 59.8 Å². The van der Waals surface area contributed by atoms with Gasteiger partial charge < -0.3 is 0 Å². The van der Waals surface area contributed by atoms with E-state index in [1.54, 1.807) is 0 Å². The molecule has 0 bridgehead atoms. The van der Waals surface area contributed by atoms with Gasteiger partial charge in [0.2, 0.25) is 0 Å². The molecule has 26 valence electrons. The third-order valence-electron chi connectivity index (χ3n) is 0. The summed E-state index contributed by atoms with van der Waals surface area (Å²) >= 11 is 0. The Balaban J connectivity index is 0. The van der Waals surface area contributed by atoms with E-state index in [4.69, 9.17) is 13.2 Å². The number of hydrogen-bond acceptors (Lipinski definition) is 3. The Morgan fingerprint density at radius 2 is 1.40 bits per heavy atom. The summed E-state index contributed by atoms with van der Waals surface area (Å²) in [5.74, 6) is 0. The molecule has 0 spiro atoms. The molecule has 0 saturated heterocycles. The van der Waals surface area contributed by atoms with Crippen molar-refractivity contribution in [1.82, 2.24) is 0 Å². The van der Waals surface area contributed by atoms with Crippen LogP contribution < -0.4 is 0 Å². The zero-order valence-electron chi connectivity index (χ0n) is 1.72. The molecule has 0 aromatic rings. The summed E-state index contributed by atoms with van der Waals surface area (Å²) in [6.07, 6.45) is 0. The summed E-state index contributed by atoms with van der Waals surface area (Å²) in [5, 5.41) is 0. The second-order valence-electron chi connectivity index (χ2n) is 0.235. The second-order valence-corrected chi connectivity index (χ2v) is 0.704. The van der Waals surface area contributed by atoms with E-state index < -0.39 is 10.5 Å². The molecule has 0 aliphatic rings. The average Bonchev–Trinajstić information content (AvgIpc) is 0.811. The summed E-state index contributed by atoms with van der Waals surface area (Å²) in [4.78, 5) is 0. The standard InChI is InChI=1S/K.HNO2S.H/c;1-4(2)3;/h;1H;. The molecule has 0 unspecified atom stereocenters. The summed E-state index contributed by atoms with van der Waals surface area (Å²) in [6, 6.07) is 0. The van der Waals surface area contributed by atoms with Crippen LogP contribution in [0.2, 0.25) is 0 Å². The van der Waals surface area contributed by atoms with Crippen molar-refractivity contribution < 1.29 is 8.42 Å². The first-order valence-corrected chi connectivity index (χ1v) is 1.61. The van der Waals surface area contributed by atoms with Crippen LogP contribution in [0.4, 0.5) is 0 Å². The van der Waals surface area contributed by atoms with Gasteiger partial charge in [-0.3, -0.25) is 0 Å². The van der Waals surface area contributed by atoms with Gasteiger partial charge in [-0.15, -0.1) is 0 Å². The summed E-state index contributed by atoms with van der Waals surface area (Å²) in [6.45, 7) is 0. The molecule has 5 heavy (non-hydrogen) atoms. The molecule has 5 heteroatoms. The van der Waals surface area contributed by atoms with E-state index >= 15 is 0 Å². The fourth-order valence-corrected chi connectivity index (χ4v) is 0. The van der Waals surface area contributed by atoms with E-state index in [2.05, 4.69) is 0 Å². The van der Waals surface area contributed by atoms with Crippen molar-refractivity contribution >= 4 is 61.9 Å². The van der Waals surface area contributed by atoms with Crippen LogP contribution in [0.5, 0.6) is 0 Å². The van der Waals surface area contributed by atoms with Gasteiger partial charge in [0, 0.05) is 0 Å². The van der Waals surface area contributed by atoms with E-state index in [0.717, 1.165) is 0 Å². The van der Waals surface area contributed by atoms with Gasteiger partial charge >= 0.3 is 61.9 Å². The van der Waals surface area contributed by atoms with Gasteiger partial charge in [-0.05, 0) is 0 Å². The van der Waals surface area contributed by atoms with Crippen LogP contribution in [0.1, 0.15) is 0 Å². The minimum absolute atomic E-state index is 0. The average molecular weight is 119 g/mol. The fraction of sp³-hybridized carbons (Fsp3) is 0. The van der Waals surface area contributed by atoms with Crippen molar-refractivity contribution in [2.45, 2.75) is 0 Å². The van der Waals surface area contributed by atoms with Gasteiger partial charge in [0.15, 0.2) is 0 Å². The zero-order valence-corrected chi connectivity index (χ0v) is 2.54. The van der Waals surface area contributed by atoms with Gasteiger partial charge in [-0.1, -0.05) is 0 Å². The van der Waals surface area contributed by atoms with Crippen molar-refractivity contribution in [3.05, 3.63) is 0 Å². The predicted octanol–water partition coefficient (Wildman–Crippen LogP) is -1.02. The van der Waals surface area contributed by atoms with E-state index in [9.17, 15) is 0 Å². The first-order valence-electron chi connectivity index (χ1n) is 0.537. The molecule has 0 aromatic heterocycles. The Morgan fingerprint density at radius 3 is 1.40 bits per heavy atom. The Hall–Kier alpha value is 1.26. The van der Waals surface area contributed by atoms with Crippen LogP contribution in [0.15, 0.2) is 0 Å². The fourth-order valence-electron chi connectivity index (χ4n) is 0. The SMILES string of the molecule is N=S(=O)=O.[KH]. The summed E-state index contributed by atoms with van der Waals surface area (Å²) < 4.78 is 22.8. The maximum absolute atomic E-state index is 8.67. The molecule has 0 aliphatic carbocycles. The molecule has 0 saturated carbocycles. The molecule has 0 fully saturated rings. The molecule has 0 amide bonds. The van der Waals surface area contributed by atoms with Crippen LogP contribution in [0.25, 0.3) is 0 Å². The summed E-state index contributed by atoms with van der Waals surface area (Å²) in [5.41, 5.74) is 0. The van der Waals surface area contributed by atoms with Crippen molar-refractivity contribution in [2.24, 2.45) is 0 Å². The number of rotatable bonds is 0. The Bertz CT molecular complexity index is 79.0. The predicted molar refractivity (Wildman–Crippen MR) is 18.8 cm³/mol. The first-order chi connectivity index (χ1) is 1.73. The van der Waals surface area contributed by atoms with Crippen LogP contribution in [0.3, 0.4) is 0 Å². The molecular weight excluding hydrogens is 117 g/mol. The number of hydrogen-bond donors (Lipinski definition) is 1. The quantitative estimate of drug-likeness (QED) is 0.415. The molecule has 3 nitrogen and oxygen atoms in total. The van der Waals surface area contributed by atoms with E-state index in [1.807, 2.05) is 0 Å². The Morgan fingerprint density at radius 1 is 1.40 bits per heavy atom. The van der Waals surface area contributed by atoms with Gasteiger partial charge in [0.05, 0.1) is 0 Å². The summed E-state index contributed by atoms with van der Waals surface area (Å²) in [7, 11) is -2.61. The molecule has 0 atom stereocenters. The zero-order chi connectivity index (χ0) is 3.58. The monoisotopic (exact) mass is 119 g/mol. The molecule has 0 aromatic carbocycles. The van der Waals surface area contributed by atoms with Gasteiger partial charge in [-0.2, -0.15) is 13.2 Å². The van der Waals surface area contributed by atoms with Gasteiger partial charge in [0.1, 0.15) is 0 Å². The van der Waals surface area contributed by atoms with Crippen molar-refractivity contribution in [3.63, 3.8) is 0 Å². The van der Waals surface area contributed by atoms with Crippen molar-refractivity contribution in [3.8, 4) is 0 Å². The van der Waals surface area contributed by atoms with E-state index in [-0.39, 0.29) is 51.4 Å². The van der Waals surface area contributed by atoms with Gasteiger partial charge in [0.25, 0.3) is 0 Å². The third-order valence-corrected chi connectivity index (χ3v) is 0. The van der Waals surface area contributed by atoms with E-state index in [1.165, 1.54) is 0 Å². The van der Waals surface area contributed by atoms with Gasteiger partial charge in [-0.25, -0.2) is 0 Å². The van der Waals surface area contributed by atoms with Crippen LogP contribution >= 0.6 is 0 Å². The second kappa shape index (κ2) is 5.26. The van der Waals surface area contributed by atoms with Crippen LogP contribution in [0, 0.1) is 4.78 Å². The van der Waals surface area contributed by atoms with Crippen molar-refractivity contribution in [2.75, 3.05) is 0 Å². The minimum atomic E-state index is -2.61. The van der Waals surface area contributed by atoms with Crippen LogP contribution in [-0.2, 0) is 10.5 Å². The Kier molecular flexibility index (Phi) is 10.0. The third kappa shape index (κ3) is 35.3. The first kappa shape index (κ1) is 9.54. The van der Waals surface area contributed by atoms with Crippen molar-refractivity contribution in [1.29, 1.82) is 4.78 Å². The maximum atomic E-state index is 8.67. The molecule has 0 heterocycles. The number of nitrogens with one attached hydrogen (secondary N) is 1. The molecule has 1 N–H and O–H groups in total.